The molecule has 2 aromatic carbocycles. The number of fused-ring (bicyclic) bond motifs is 6. The van der Waals surface area contributed by atoms with Gasteiger partial charge in [-0.2, -0.15) is 0 Å². The fraction of sp³-hybridized carbons (Fsp3) is 0.440. The van der Waals surface area contributed by atoms with Crippen molar-refractivity contribution in [2.45, 2.75) is 64.3 Å². The second kappa shape index (κ2) is 6.20. The highest BCUT2D eigenvalue weighted by Crippen LogP contribution is 2.47. The molecule has 0 radical (unpaired) electrons. The molecule has 28 heavy (non-hydrogen) atoms. The molecule has 2 bridgehead atoms. The van der Waals surface area contributed by atoms with Crippen LogP contribution >= 0.6 is 0 Å². The van der Waals surface area contributed by atoms with Gasteiger partial charge >= 0.3 is 0 Å². The Balaban J connectivity index is 1.66. The number of likely N-dealkylation sites (N-methyl/N-ethyl adjacent to an activating group) is 1. The molecule has 1 aromatic heterocycles. The Kier molecular flexibility index (Phi) is 3.98. The maximum atomic E-state index is 11.4. The minimum atomic E-state index is -0.902. The van der Waals surface area contributed by atoms with E-state index in [4.69, 9.17) is 0 Å². The molecule has 3 aromatic rings. The predicted octanol–water partition coefficient (Wildman–Crippen LogP) is 4.86. The molecular weight excluding hydrogens is 344 g/mol. The molecule has 3 heterocycles. The van der Waals surface area contributed by atoms with Crippen LogP contribution in [0.2, 0.25) is 0 Å². The van der Waals surface area contributed by atoms with Crippen LogP contribution in [-0.2, 0) is 18.6 Å². The van der Waals surface area contributed by atoms with Crippen molar-refractivity contribution in [2.75, 3.05) is 7.05 Å². The number of aromatic nitrogens is 1. The fourth-order valence-electron chi connectivity index (χ4n) is 5.46. The van der Waals surface area contributed by atoms with Gasteiger partial charge in [-0.25, -0.2) is 0 Å². The molecule has 1 N–H and O–H groups in total. The predicted molar refractivity (Wildman–Crippen MR) is 115 cm³/mol. The summed E-state index contributed by atoms with van der Waals surface area (Å²) in [5.41, 5.74) is 6.83. The molecule has 0 spiro atoms. The Labute approximate surface area is 167 Å². The zero-order chi connectivity index (χ0) is 19.6. The Morgan fingerprint density at radius 2 is 1.75 bits per heavy atom. The molecule has 3 unspecified atom stereocenters. The van der Waals surface area contributed by atoms with E-state index in [9.17, 15) is 5.11 Å². The van der Waals surface area contributed by atoms with Crippen LogP contribution in [0.3, 0.4) is 0 Å². The lowest BCUT2D eigenvalue weighted by Crippen LogP contribution is -2.36. The molecule has 3 nitrogen and oxygen atoms in total. The molecule has 2 aliphatic rings. The van der Waals surface area contributed by atoms with Crippen LogP contribution in [0.1, 0.15) is 53.8 Å². The van der Waals surface area contributed by atoms with Crippen LogP contribution in [0.25, 0.3) is 10.9 Å². The quantitative estimate of drug-likeness (QED) is 0.709. The lowest BCUT2D eigenvalue weighted by Gasteiger charge is -2.33. The summed E-state index contributed by atoms with van der Waals surface area (Å²) < 4.78 is 2.42. The SMILES string of the molecule is Cc1ccc(C(C)(O)Cn2c3c(c4cc(C)ccc42)C2CCC(C3)N2C)cc1. The largest absolute Gasteiger partial charge is 0.384 e. The number of hydrogen-bond donors (Lipinski definition) is 1. The number of rotatable bonds is 3. The van der Waals surface area contributed by atoms with Gasteiger partial charge < -0.3 is 9.67 Å². The van der Waals surface area contributed by atoms with Gasteiger partial charge in [0.25, 0.3) is 0 Å². The summed E-state index contributed by atoms with van der Waals surface area (Å²) in [6.45, 7) is 6.81. The van der Waals surface area contributed by atoms with Gasteiger partial charge in [0.15, 0.2) is 0 Å². The average molecular weight is 375 g/mol. The van der Waals surface area contributed by atoms with Crippen LogP contribution in [0.4, 0.5) is 0 Å². The second-order valence-corrected chi connectivity index (χ2v) is 9.22. The molecule has 3 atom stereocenters. The van der Waals surface area contributed by atoms with Gasteiger partial charge in [0.05, 0.1) is 6.54 Å². The summed E-state index contributed by atoms with van der Waals surface area (Å²) in [5.74, 6) is 0. The van der Waals surface area contributed by atoms with Gasteiger partial charge in [-0.1, -0.05) is 41.5 Å². The van der Waals surface area contributed by atoms with Crippen molar-refractivity contribution in [1.82, 2.24) is 9.47 Å². The molecule has 146 valence electrons. The van der Waals surface area contributed by atoms with Crippen molar-refractivity contribution in [3.8, 4) is 0 Å². The van der Waals surface area contributed by atoms with Crippen LogP contribution in [0, 0.1) is 13.8 Å². The molecule has 3 heteroatoms. The zero-order valence-corrected chi connectivity index (χ0v) is 17.4. The zero-order valence-electron chi connectivity index (χ0n) is 17.4. The van der Waals surface area contributed by atoms with Gasteiger partial charge in [-0.05, 0) is 63.9 Å². The number of benzene rings is 2. The normalized spacial score (nSPS) is 23.8. The smallest absolute Gasteiger partial charge is 0.105 e. The van der Waals surface area contributed by atoms with Gasteiger partial charge in [0.1, 0.15) is 5.60 Å². The summed E-state index contributed by atoms with van der Waals surface area (Å²) in [7, 11) is 2.28. The third kappa shape index (κ3) is 2.64. The van der Waals surface area contributed by atoms with Gasteiger partial charge in [-0.15, -0.1) is 0 Å². The lowest BCUT2D eigenvalue weighted by molar-refractivity contribution is 0.0382. The van der Waals surface area contributed by atoms with E-state index in [0.717, 1.165) is 12.0 Å². The van der Waals surface area contributed by atoms with Crippen LogP contribution < -0.4 is 0 Å². The van der Waals surface area contributed by atoms with Crippen molar-refractivity contribution in [2.24, 2.45) is 0 Å². The van der Waals surface area contributed by atoms with E-state index in [2.05, 4.69) is 72.8 Å². The maximum Gasteiger partial charge on any atom is 0.105 e. The lowest BCUT2D eigenvalue weighted by atomic mass is 9.94. The minimum absolute atomic E-state index is 0.517. The Bertz CT molecular complexity index is 1040. The van der Waals surface area contributed by atoms with E-state index in [1.165, 1.54) is 46.1 Å². The molecule has 0 aliphatic carbocycles. The fourth-order valence-corrected chi connectivity index (χ4v) is 5.46. The molecule has 1 saturated heterocycles. The average Bonchev–Trinajstić information content (AvgIpc) is 3.06. The Morgan fingerprint density at radius 1 is 1.04 bits per heavy atom. The van der Waals surface area contributed by atoms with E-state index in [1.54, 1.807) is 0 Å². The van der Waals surface area contributed by atoms with E-state index in [0.29, 0.717) is 18.6 Å². The van der Waals surface area contributed by atoms with Crippen LogP contribution in [0.5, 0.6) is 0 Å². The van der Waals surface area contributed by atoms with E-state index in [-0.39, 0.29) is 0 Å². The third-order valence-corrected chi connectivity index (χ3v) is 7.11. The Morgan fingerprint density at radius 3 is 2.50 bits per heavy atom. The van der Waals surface area contributed by atoms with Crippen LogP contribution in [0.15, 0.2) is 42.5 Å². The molecule has 0 amide bonds. The summed E-state index contributed by atoms with van der Waals surface area (Å²) in [5, 5.41) is 12.8. The summed E-state index contributed by atoms with van der Waals surface area (Å²) in [6, 6.07) is 16.3. The van der Waals surface area contributed by atoms with Gasteiger partial charge in [0.2, 0.25) is 0 Å². The molecule has 2 aliphatic heterocycles. The first kappa shape index (κ1) is 18.0. The maximum absolute atomic E-state index is 11.4. The van der Waals surface area contributed by atoms with Crippen molar-refractivity contribution in [3.05, 3.63) is 70.4 Å². The van der Waals surface area contributed by atoms with Gasteiger partial charge in [-0.3, -0.25) is 4.90 Å². The van der Waals surface area contributed by atoms with Gasteiger partial charge in [0, 0.05) is 35.1 Å². The number of aliphatic hydroxyl groups is 1. The highest BCUT2D eigenvalue weighted by molar-refractivity contribution is 5.87. The summed E-state index contributed by atoms with van der Waals surface area (Å²) >= 11 is 0. The first-order valence-electron chi connectivity index (χ1n) is 10.5. The summed E-state index contributed by atoms with van der Waals surface area (Å²) in [4.78, 5) is 2.58. The number of hydrogen-bond acceptors (Lipinski definition) is 2. The highest BCUT2D eigenvalue weighted by atomic mass is 16.3. The second-order valence-electron chi connectivity index (χ2n) is 9.22. The standard InChI is InChI=1S/C25H30N2O/c1-16-5-8-18(9-6-16)25(3,28)15-27-21-11-7-17(2)13-20(21)24-22-12-10-19(26(22)4)14-23(24)27/h5-9,11,13,19,22,28H,10,12,14-15H2,1-4H3. The molecule has 1 fully saturated rings. The van der Waals surface area contributed by atoms with Crippen molar-refractivity contribution >= 4 is 10.9 Å². The summed E-state index contributed by atoms with van der Waals surface area (Å²) in [6.07, 6.45) is 3.60. The highest BCUT2D eigenvalue weighted by Gasteiger charge is 2.41. The topological polar surface area (TPSA) is 28.4 Å². The van der Waals surface area contributed by atoms with Crippen molar-refractivity contribution < 1.29 is 5.11 Å². The molecular formula is C25H30N2O. The Hall–Kier alpha value is -2.10. The number of nitrogens with zero attached hydrogens (tertiary/aromatic N) is 2. The first-order chi connectivity index (χ1) is 13.3. The monoisotopic (exact) mass is 374 g/mol. The van der Waals surface area contributed by atoms with Crippen molar-refractivity contribution in [1.29, 1.82) is 0 Å². The van der Waals surface area contributed by atoms with E-state index in [1.807, 2.05) is 6.92 Å². The molecule has 5 rings (SSSR count). The minimum Gasteiger partial charge on any atom is -0.384 e. The van der Waals surface area contributed by atoms with E-state index < -0.39 is 5.60 Å². The molecule has 0 saturated carbocycles. The van der Waals surface area contributed by atoms with Crippen molar-refractivity contribution in [3.63, 3.8) is 0 Å². The number of aryl methyl sites for hydroxylation is 2. The third-order valence-electron chi connectivity index (χ3n) is 7.11. The first-order valence-corrected chi connectivity index (χ1v) is 10.5. The van der Waals surface area contributed by atoms with E-state index >= 15 is 0 Å². The van der Waals surface area contributed by atoms with Crippen LogP contribution in [-0.4, -0.2) is 27.7 Å².